The van der Waals surface area contributed by atoms with E-state index in [4.69, 9.17) is 5.26 Å². The summed E-state index contributed by atoms with van der Waals surface area (Å²) in [7, 11) is 0. The molecule has 146 valence electrons. The second-order valence-corrected chi connectivity index (χ2v) is 8.24. The van der Waals surface area contributed by atoms with Crippen molar-refractivity contribution in [2.75, 3.05) is 44.2 Å². The molecule has 2 aromatic rings. The summed E-state index contributed by atoms with van der Waals surface area (Å²) in [4.78, 5) is 7.78. The van der Waals surface area contributed by atoms with E-state index in [9.17, 15) is 0 Å². The van der Waals surface area contributed by atoms with Gasteiger partial charge < -0.3 is 4.90 Å². The first kappa shape index (κ1) is 19.0. The molecular weight excluding hydrogens is 344 g/mol. The number of nitrogens with zero attached hydrogens (tertiary/aromatic N) is 4. The fourth-order valence-electron chi connectivity index (χ4n) is 4.81. The van der Waals surface area contributed by atoms with Gasteiger partial charge in [0.25, 0.3) is 0 Å². The Morgan fingerprint density at radius 3 is 2.29 bits per heavy atom. The number of hydrogen-bond donors (Lipinski definition) is 0. The average Bonchev–Trinajstić information content (AvgIpc) is 2.75. The minimum atomic E-state index is 0.704. The number of hydrogen-bond acceptors (Lipinski definition) is 4. The van der Waals surface area contributed by atoms with Crippen LogP contribution in [0.2, 0.25) is 0 Å². The van der Waals surface area contributed by atoms with Crippen molar-refractivity contribution in [3.05, 3.63) is 65.7 Å². The SMILES string of the molecule is CC1CN(Cc2ccccc2)CCC1N1CCN(c2ccc(C#N)cc2)CC1. The first-order chi connectivity index (χ1) is 13.7. The van der Waals surface area contributed by atoms with Crippen LogP contribution in [0.1, 0.15) is 24.5 Å². The smallest absolute Gasteiger partial charge is 0.0991 e. The largest absolute Gasteiger partial charge is 0.369 e. The Morgan fingerprint density at radius 2 is 1.64 bits per heavy atom. The van der Waals surface area contributed by atoms with Gasteiger partial charge in [0.05, 0.1) is 11.6 Å². The zero-order valence-corrected chi connectivity index (χ0v) is 16.8. The molecule has 0 bridgehead atoms. The van der Waals surface area contributed by atoms with Gasteiger partial charge in [-0.3, -0.25) is 9.80 Å². The fraction of sp³-hybridized carbons (Fsp3) is 0.458. The summed E-state index contributed by atoms with van der Waals surface area (Å²) < 4.78 is 0. The van der Waals surface area contributed by atoms with Gasteiger partial charge in [-0.15, -0.1) is 0 Å². The molecule has 0 aliphatic carbocycles. The molecule has 0 aromatic heterocycles. The van der Waals surface area contributed by atoms with Crippen LogP contribution in [0, 0.1) is 17.2 Å². The second kappa shape index (κ2) is 8.77. The molecule has 4 nitrogen and oxygen atoms in total. The van der Waals surface area contributed by atoms with E-state index in [0.29, 0.717) is 12.0 Å². The van der Waals surface area contributed by atoms with Gasteiger partial charge in [0.15, 0.2) is 0 Å². The van der Waals surface area contributed by atoms with E-state index < -0.39 is 0 Å². The summed E-state index contributed by atoms with van der Waals surface area (Å²) in [5.74, 6) is 0.707. The molecule has 2 aromatic carbocycles. The number of anilines is 1. The van der Waals surface area contributed by atoms with E-state index in [1.54, 1.807) is 0 Å². The third-order valence-electron chi connectivity index (χ3n) is 6.34. The van der Waals surface area contributed by atoms with Crippen molar-refractivity contribution >= 4 is 5.69 Å². The molecule has 2 fully saturated rings. The minimum absolute atomic E-state index is 0.704. The van der Waals surface area contributed by atoms with Crippen LogP contribution in [-0.4, -0.2) is 55.1 Å². The third-order valence-corrected chi connectivity index (χ3v) is 6.34. The third kappa shape index (κ3) is 4.38. The predicted molar refractivity (Wildman–Crippen MR) is 114 cm³/mol. The van der Waals surface area contributed by atoms with Crippen LogP contribution in [0.3, 0.4) is 0 Å². The van der Waals surface area contributed by atoms with Crippen molar-refractivity contribution in [2.45, 2.75) is 25.9 Å². The number of piperazine rings is 1. The lowest BCUT2D eigenvalue weighted by Gasteiger charge is -2.46. The van der Waals surface area contributed by atoms with Crippen molar-refractivity contribution in [3.8, 4) is 6.07 Å². The number of piperidine rings is 1. The molecule has 2 atom stereocenters. The van der Waals surface area contributed by atoms with E-state index in [-0.39, 0.29) is 0 Å². The topological polar surface area (TPSA) is 33.5 Å². The van der Waals surface area contributed by atoms with Crippen LogP contribution >= 0.6 is 0 Å². The monoisotopic (exact) mass is 374 g/mol. The highest BCUT2D eigenvalue weighted by Gasteiger charge is 2.32. The molecule has 2 heterocycles. The standard InChI is InChI=1S/C24H30N4/c1-20-18-26(19-22-5-3-2-4-6-22)12-11-24(20)28-15-13-27(14-16-28)23-9-7-21(17-25)8-10-23/h2-10,20,24H,11-16,18-19H2,1H3. The van der Waals surface area contributed by atoms with Crippen LogP contribution in [0.4, 0.5) is 5.69 Å². The lowest BCUT2D eigenvalue weighted by molar-refractivity contribution is 0.0569. The minimum Gasteiger partial charge on any atom is -0.369 e. The van der Waals surface area contributed by atoms with Gasteiger partial charge in [-0.2, -0.15) is 5.26 Å². The van der Waals surface area contributed by atoms with E-state index in [2.05, 4.69) is 70.2 Å². The summed E-state index contributed by atoms with van der Waals surface area (Å²) in [5, 5.41) is 8.97. The zero-order chi connectivity index (χ0) is 19.3. The molecule has 0 N–H and O–H groups in total. The maximum Gasteiger partial charge on any atom is 0.0991 e. The van der Waals surface area contributed by atoms with E-state index >= 15 is 0 Å². The van der Waals surface area contributed by atoms with Crippen LogP contribution in [-0.2, 0) is 6.54 Å². The molecule has 0 amide bonds. The van der Waals surface area contributed by atoms with Gasteiger partial charge in [0.2, 0.25) is 0 Å². The summed E-state index contributed by atoms with van der Waals surface area (Å²) >= 11 is 0. The summed E-state index contributed by atoms with van der Waals surface area (Å²) in [6.07, 6.45) is 1.27. The maximum atomic E-state index is 8.97. The lowest BCUT2D eigenvalue weighted by Crippen LogP contribution is -2.56. The highest BCUT2D eigenvalue weighted by Crippen LogP contribution is 2.26. The predicted octanol–water partition coefficient (Wildman–Crippen LogP) is 3.59. The van der Waals surface area contributed by atoms with E-state index in [1.807, 2.05) is 12.1 Å². The number of rotatable bonds is 4. The Bertz CT molecular complexity index is 788. The summed E-state index contributed by atoms with van der Waals surface area (Å²) in [5.41, 5.74) is 3.40. The quantitative estimate of drug-likeness (QED) is 0.819. The van der Waals surface area contributed by atoms with Crippen molar-refractivity contribution < 1.29 is 0 Å². The Balaban J connectivity index is 1.28. The zero-order valence-electron chi connectivity index (χ0n) is 16.8. The van der Waals surface area contributed by atoms with Gasteiger partial charge in [-0.25, -0.2) is 0 Å². The molecule has 0 radical (unpaired) electrons. The lowest BCUT2D eigenvalue weighted by atomic mass is 9.91. The van der Waals surface area contributed by atoms with Crippen molar-refractivity contribution in [3.63, 3.8) is 0 Å². The number of likely N-dealkylation sites (tertiary alicyclic amines) is 1. The molecule has 2 unspecified atom stereocenters. The fourth-order valence-corrected chi connectivity index (χ4v) is 4.81. The van der Waals surface area contributed by atoms with Crippen molar-refractivity contribution in [1.29, 1.82) is 5.26 Å². The summed E-state index contributed by atoms with van der Waals surface area (Å²) in [6.45, 7) is 10.3. The molecule has 28 heavy (non-hydrogen) atoms. The highest BCUT2D eigenvalue weighted by molar-refractivity contribution is 5.50. The normalized spacial score (nSPS) is 24.1. The maximum absolute atomic E-state index is 8.97. The molecule has 0 saturated carbocycles. The van der Waals surface area contributed by atoms with Gasteiger partial charge in [0.1, 0.15) is 0 Å². The van der Waals surface area contributed by atoms with Crippen LogP contribution in [0.15, 0.2) is 54.6 Å². The van der Waals surface area contributed by atoms with Crippen molar-refractivity contribution in [1.82, 2.24) is 9.80 Å². The number of benzene rings is 2. The van der Waals surface area contributed by atoms with E-state index in [0.717, 1.165) is 38.3 Å². The van der Waals surface area contributed by atoms with Gasteiger partial charge in [0, 0.05) is 51.0 Å². The molecule has 4 rings (SSSR count). The Hall–Kier alpha value is -2.35. The Morgan fingerprint density at radius 1 is 0.929 bits per heavy atom. The van der Waals surface area contributed by atoms with Gasteiger partial charge in [-0.05, 0) is 48.7 Å². The molecular formula is C24H30N4. The number of nitriles is 1. The first-order valence-corrected chi connectivity index (χ1v) is 10.5. The highest BCUT2D eigenvalue weighted by atomic mass is 15.3. The van der Waals surface area contributed by atoms with E-state index in [1.165, 1.54) is 30.8 Å². The van der Waals surface area contributed by atoms with Crippen LogP contribution < -0.4 is 4.90 Å². The molecule has 4 heteroatoms. The summed E-state index contributed by atoms with van der Waals surface area (Å²) in [6, 6.07) is 21.8. The molecule has 0 spiro atoms. The molecule has 2 saturated heterocycles. The Labute approximate surface area is 169 Å². The second-order valence-electron chi connectivity index (χ2n) is 8.24. The molecule has 2 aliphatic rings. The molecule has 2 aliphatic heterocycles. The van der Waals surface area contributed by atoms with Crippen LogP contribution in [0.5, 0.6) is 0 Å². The average molecular weight is 375 g/mol. The first-order valence-electron chi connectivity index (χ1n) is 10.5. The van der Waals surface area contributed by atoms with Crippen LogP contribution in [0.25, 0.3) is 0 Å². The Kier molecular flexibility index (Phi) is 5.95. The van der Waals surface area contributed by atoms with Gasteiger partial charge in [-0.1, -0.05) is 37.3 Å². The van der Waals surface area contributed by atoms with Crippen molar-refractivity contribution in [2.24, 2.45) is 5.92 Å². The van der Waals surface area contributed by atoms with Gasteiger partial charge >= 0.3 is 0 Å².